The topological polar surface area (TPSA) is 79.7 Å². The van der Waals surface area contributed by atoms with Crippen molar-refractivity contribution in [3.05, 3.63) is 22.2 Å². The molecule has 19 heavy (non-hydrogen) atoms. The molecule has 2 heterocycles. The van der Waals surface area contributed by atoms with E-state index in [4.69, 9.17) is 9.84 Å². The van der Waals surface area contributed by atoms with E-state index in [0.29, 0.717) is 12.3 Å². The summed E-state index contributed by atoms with van der Waals surface area (Å²) < 4.78 is 5.08. The van der Waals surface area contributed by atoms with E-state index in [2.05, 4.69) is 4.98 Å². The van der Waals surface area contributed by atoms with Crippen LogP contribution in [0.5, 0.6) is 0 Å². The summed E-state index contributed by atoms with van der Waals surface area (Å²) in [5.41, 5.74) is 0.705. The van der Waals surface area contributed by atoms with Gasteiger partial charge in [0.2, 0.25) is 5.91 Å². The minimum atomic E-state index is -1.05. The van der Waals surface area contributed by atoms with Gasteiger partial charge in [-0.3, -0.25) is 4.79 Å². The number of aliphatic carboxylic acids is 1. The van der Waals surface area contributed by atoms with Crippen LogP contribution in [0.2, 0.25) is 0 Å². The highest BCUT2D eigenvalue weighted by atomic mass is 32.1. The highest BCUT2D eigenvalue weighted by molar-refractivity contribution is 7.09. The zero-order chi connectivity index (χ0) is 13.8. The molecule has 0 aromatic carbocycles. The molecule has 102 valence electrons. The van der Waals surface area contributed by atoms with Gasteiger partial charge in [-0.1, -0.05) is 0 Å². The van der Waals surface area contributed by atoms with Gasteiger partial charge in [-0.15, -0.1) is 11.3 Å². The van der Waals surface area contributed by atoms with Crippen LogP contribution in [0.4, 0.5) is 0 Å². The average molecular weight is 282 g/mol. The summed E-state index contributed by atoms with van der Waals surface area (Å²) in [6.07, 6.45) is 2.95. The number of thiazole rings is 1. The smallest absolute Gasteiger partial charge is 0.328 e. The molecule has 0 bridgehead atoms. The van der Waals surface area contributed by atoms with Gasteiger partial charge in [0.25, 0.3) is 0 Å². The van der Waals surface area contributed by atoms with E-state index in [1.165, 1.54) is 22.3 Å². The minimum Gasteiger partial charge on any atom is -0.480 e. The highest BCUT2D eigenvalue weighted by Crippen LogP contribution is 2.11. The molecule has 1 aliphatic rings. The van der Waals surface area contributed by atoms with E-state index >= 15 is 0 Å². The Morgan fingerprint density at radius 2 is 2.42 bits per heavy atom. The molecule has 1 saturated heterocycles. The number of carboxylic acids is 1. The zero-order valence-electron chi connectivity index (χ0n) is 10.4. The summed E-state index contributed by atoms with van der Waals surface area (Å²) in [5.74, 6) is -1.38. The number of rotatable bonds is 3. The minimum absolute atomic E-state index is 0.0325. The fourth-order valence-electron chi connectivity index (χ4n) is 1.78. The van der Waals surface area contributed by atoms with Gasteiger partial charge in [-0.05, 0) is 13.0 Å². The molecule has 1 N–H and O–H groups in total. The molecule has 1 aromatic rings. The van der Waals surface area contributed by atoms with Crippen LogP contribution in [0.3, 0.4) is 0 Å². The quantitative estimate of drug-likeness (QED) is 0.829. The van der Waals surface area contributed by atoms with Crippen LogP contribution in [0.15, 0.2) is 11.5 Å². The fourth-order valence-corrected chi connectivity index (χ4v) is 2.36. The van der Waals surface area contributed by atoms with Crippen LogP contribution in [-0.4, -0.2) is 52.7 Å². The van der Waals surface area contributed by atoms with Gasteiger partial charge in [0.15, 0.2) is 6.04 Å². The van der Waals surface area contributed by atoms with Crippen LogP contribution in [0.25, 0.3) is 6.08 Å². The second kappa shape index (κ2) is 5.94. The van der Waals surface area contributed by atoms with Crippen molar-refractivity contribution in [3.63, 3.8) is 0 Å². The van der Waals surface area contributed by atoms with Crippen molar-refractivity contribution in [2.45, 2.75) is 13.0 Å². The molecular formula is C12H14N2O4S. The number of morpholine rings is 1. The molecule has 1 fully saturated rings. The van der Waals surface area contributed by atoms with E-state index in [-0.39, 0.29) is 19.1 Å². The molecule has 7 heteroatoms. The second-order valence-corrected chi connectivity index (χ2v) is 5.15. The molecule has 0 unspecified atom stereocenters. The molecule has 2 rings (SSSR count). The van der Waals surface area contributed by atoms with Gasteiger partial charge in [-0.2, -0.15) is 0 Å². The first-order chi connectivity index (χ1) is 9.08. The van der Waals surface area contributed by atoms with Gasteiger partial charge in [0.05, 0.1) is 23.9 Å². The Labute approximate surface area is 114 Å². The predicted octanol–water partition coefficient (Wildman–Crippen LogP) is 0.777. The summed E-state index contributed by atoms with van der Waals surface area (Å²) in [6, 6.07) is -0.914. The summed E-state index contributed by atoms with van der Waals surface area (Å²) in [7, 11) is 0. The second-order valence-electron chi connectivity index (χ2n) is 4.09. The van der Waals surface area contributed by atoms with Gasteiger partial charge in [0, 0.05) is 18.0 Å². The third-order valence-corrected chi connectivity index (χ3v) is 3.52. The number of aryl methyl sites for hydroxylation is 1. The number of ether oxygens (including phenoxy) is 1. The summed E-state index contributed by atoms with van der Waals surface area (Å²) in [4.78, 5) is 28.5. The molecule has 1 aromatic heterocycles. The summed E-state index contributed by atoms with van der Waals surface area (Å²) in [6.45, 7) is 2.56. The summed E-state index contributed by atoms with van der Waals surface area (Å²) in [5, 5.41) is 11.8. The van der Waals surface area contributed by atoms with Crippen LogP contribution >= 0.6 is 11.3 Å². The largest absolute Gasteiger partial charge is 0.480 e. The first-order valence-electron chi connectivity index (χ1n) is 5.79. The van der Waals surface area contributed by atoms with Gasteiger partial charge < -0.3 is 14.7 Å². The fraction of sp³-hybridized carbons (Fsp3) is 0.417. The number of aromatic nitrogens is 1. The first-order valence-corrected chi connectivity index (χ1v) is 6.67. The van der Waals surface area contributed by atoms with E-state index in [0.717, 1.165) is 5.01 Å². The number of hydrogen-bond donors (Lipinski definition) is 1. The number of carbonyl (C=O) groups is 2. The monoisotopic (exact) mass is 282 g/mol. The number of amides is 1. The molecule has 0 saturated carbocycles. The Morgan fingerprint density at radius 1 is 1.63 bits per heavy atom. The van der Waals surface area contributed by atoms with E-state index < -0.39 is 12.0 Å². The molecule has 6 nitrogen and oxygen atoms in total. The van der Waals surface area contributed by atoms with Gasteiger partial charge in [0.1, 0.15) is 0 Å². The van der Waals surface area contributed by atoms with Crippen molar-refractivity contribution >= 4 is 29.3 Å². The normalized spacial score (nSPS) is 19.8. The first kappa shape index (κ1) is 13.7. The molecule has 0 spiro atoms. The number of hydrogen-bond acceptors (Lipinski definition) is 5. The Kier molecular flexibility index (Phi) is 4.28. The van der Waals surface area contributed by atoms with Gasteiger partial charge >= 0.3 is 5.97 Å². The van der Waals surface area contributed by atoms with Crippen molar-refractivity contribution in [2.24, 2.45) is 0 Å². The molecule has 1 aliphatic heterocycles. The SMILES string of the molecule is Cc1nc(/C=C\C(=O)N2CCOC[C@@H]2C(=O)O)cs1. The Morgan fingerprint density at radius 3 is 3.05 bits per heavy atom. The standard InChI is InChI=1S/C12H14N2O4S/c1-8-13-9(7-19-8)2-3-11(15)14-4-5-18-6-10(14)12(16)17/h2-3,7,10H,4-6H2,1H3,(H,16,17)/b3-2-/t10-/m1/s1. The lowest BCUT2D eigenvalue weighted by atomic mass is 10.2. The van der Waals surface area contributed by atoms with Crippen molar-refractivity contribution in [2.75, 3.05) is 19.8 Å². The Hall–Kier alpha value is -1.73. The Bertz CT molecular complexity index is 512. The molecule has 0 aliphatic carbocycles. The molecule has 1 atom stereocenters. The highest BCUT2D eigenvalue weighted by Gasteiger charge is 2.31. The van der Waals surface area contributed by atoms with E-state index in [1.54, 1.807) is 6.08 Å². The molecule has 1 amide bonds. The van der Waals surface area contributed by atoms with Crippen molar-refractivity contribution in [3.8, 4) is 0 Å². The maximum atomic E-state index is 12.0. The van der Waals surface area contributed by atoms with E-state index in [1.807, 2.05) is 12.3 Å². The molecular weight excluding hydrogens is 268 g/mol. The Balaban J connectivity index is 2.05. The van der Waals surface area contributed by atoms with Crippen LogP contribution in [0.1, 0.15) is 10.7 Å². The lowest BCUT2D eigenvalue weighted by Crippen LogP contribution is -2.52. The van der Waals surface area contributed by atoms with E-state index in [9.17, 15) is 9.59 Å². The van der Waals surface area contributed by atoms with Crippen molar-refractivity contribution in [1.82, 2.24) is 9.88 Å². The van der Waals surface area contributed by atoms with Crippen molar-refractivity contribution < 1.29 is 19.4 Å². The lowest BCUT2D eigenvalue weighted by molar-refractivity contribution is -0.156. The van der Waals surface area contributed by atoms with Gasteiger partial charge in [-0.25, -0.2) is 9.78 Å². The van der Waals surface area contributed by atoms with Crippen molar-refractivity contribution in [1.29, 1.82) is 0 Å². The van der Waals surface area contributed by atoms with Crippen LogP contribution in [0, 0.1) is 6.92 Å². The van der Waals surface area contributed by atoms with Crippen LogP contribution < -0.4 is 0 Å². The zero-order valence-corrected chi connectivity index (χ0v) is 11.2. The number of carbonyl (C=O) groups excluding carboxylic acids is 1. The summed E-state index contributed by atoms with van der Waals surface area (Å²) >= 11 is 1.50. The average Bonchev–Trinajstić information content (AvgIpc) is 2.81. The number of carboxylic acid groups (broad SMARTS) is 1. The predicted molar refractivity (Wildman–Crippen MR) is 69.8 cm³/mol. The molecule has 0 radical (unpaired) electrons. The van der Waals surface area contributed by atoms with Crippen LogP contribution in [-0.2, 0) is 14.3 Å². The maximum Gasteiger partial charge on any atom is 0.328 e. The third-order valence-electron chi connectivity index (χ3n) is 2.73. The third kappa shape index (κ3) is 3.39. The maximum absolute atomic E-state index is 12.0. The number of nitrogens with zero attached hydrogens (tertiary/aromatic N) is 2. The lowest BCUT2D eigenvalue weighted by Gasteiger charge is -2.31.